The third-order valence-electron chi connectivity index (χ3n) is 2.48. The minimum atomic E-state index is -0.291. The van der Waals surface area contributed by atoms with Crippen LogP contribution in [0.5, 0.6) is 0 Å². The zero-order chi connectivity index (χ0) is 11.5. The maximum atomic E-state index is 11.3. The van der Waals surface area contributed by atoms with Crippen LogP contribution in [-0.4, -0.2) is 50.8 Å². The number of rotatable bonds is 3. The molecule has 0 atom stereocenters. The first kappa shape index (κ1) is 10.9. The Morgan fingerprint density at radius 3 is 3.00 bits per heavy atom. The maximum Gasteiger partial charge on any atom is 0.409 e. The molecule has 1 N–H and O–H groups in total. The normalized spacial score (nSPS) is 16.0. The van der Waals surface area contributed by atoms with E-state index >= 15 is 0 Å². The molecule has 0 aliphatic carbocycles. The Bertz CT molecular complexity index is 373. The van der Waals surface area contributed by atoms with Crippen molar-refractivity contribution in [2.24, 2.45) is 0 Å². The molecular weight excluding hydrogens is 212 g/mol. The number of amides is 1. The van der Waals surface area contributed by atoms with Gasteiger partial charge in [0.2, 0.25) is 0 Å². The molecule has 0 unspecified atom stereocenters. The van der Waals surface area contributed by atoms with Gasteiger partial charge in [-0.15, -0.1) is 5.10 Å². The van der Waals surface area contributed by atoms with Gasteiger partial charge in [0.15, 0.2) is 0 Å². The predicted molar refractivity (Wildman–Crippen MR) is 53.6 cm³/mol. The minimum absolute atomic E-state index is 0.117. The number of ether oxygens (including phenoxy) is 1. The van der Waals surface area contributed by atoms with E-state index in [-0.39, 0.29) is 18.7 Å². The summed E-state index contributed by atoms with van der Waals surface area (Å²) in [6.45, 7) is 3.20. The summed E-state index contributed by atoms with van der Waals surface area (Å²) in [4.78, 5) is 12.9. The van der Waals surface area contributed by atoms with Crippen LogP contribution < -0.4 is 0 Å². The van der Waals surface area contributed by atoms with Gasteiger partial charge in [0.1, 0.15) is 5.69 Å². The molecule has 1 aromatic heterocycles. The second-order valence-corrected chi connectivity index (χ2v) is 3.61. The van der Waals surface area contributed by atoms with E-state index in [1.54, 1.807) is 22.7 Å². The summed E-state index contributed by atoms with van der Waals surface area (Å²) in [5, 5.41) is 16.5. The highest BCUT2D eigenvalue weighted by Gasteiger charge is 2.33. The molecule has 16 heavy (non-hydrogen) atoms. The lowest BCUT2D eigenvalue weighted by molar-refractivity contribution is 0.0564. The molecule has 88 valence electrons. The predicted octanol–water partition coefficient (Wildman–Crippen LogP) is -0.216. The van der Waals surface area contributed by atoms with E-state index in [1.165, 1.54) is 0 Å². The highest BCUT2D eigenvalue weighted by atomic mass is 16.6. The highest BCUT2D eigenvalue weighted by Crippen LogP contribution is 2.20. The fourth-order valence-electron chi connectivity index (χ4n) is 1.55. The second kappa shape index (κ2) is 4.48. The first-order valence-corrected chi connectivity index (χ1v) is 5.18. The number of aliphatic hydroxyl groups is 1. The summed E-state index contributed by atoms with van der Waals surface area (Å²) in [5.74, 6) is 0. The van der Waals surface area contributed by atoms with Crippen molar-refractivity contribution in [1.82, 2.24) is 19.9 Å². The standard InChI is InChI=1S/C9H14N4O3/c1-2-16-9(15)12-4-8(5-12)13-3-7(6-14)10-11-13/h3,8,14H,2,4-6H2,1H3. The Labute approximate surface area is 92.6 Å². The molecule has 1 saturated heterocycles. The average molecular weight is 226 g/mol. The van der Waals surface area contributed by atoms with Gasteiger partial charge in [0, 0.05) is 13.1 Å². The van der Waals surface area contributed by atoms with Gasteiger partial charge in [-0.1, -0.05) is 5.21 Å². The van der Waals surface area contributed by atoms with Crippen molar-refractivity contribution in [1.29, 1.82) is 0 Å². The number of carbonyl (C=O) groups is 1. The van der Waals surface area contributed by atoms with Gasteiger partial charge in [0.25, 0.3) is 0 Å². The highest BCUT2D eigenvalue weighted by molar-refractivity contribution is 5.68. The van der Waals surface area contributed by atoms with E-state index in [4.69, 9.17) is 9.84 Å². The minimum Gasteiger partial charge on any atom is -0.450 e. The monoisotopic (exact) mass is 226 g/mol. The molecule has 1 fully saturated rings. The topological polar surface area (TPSA) is 80.5 Å². The van der Waals surface area contributed by atoms with Crippen molar-refractivity contribution in [3.63, 3.8) is 0 Å². The van der Waals surface area contributed by atoms with Crippen molar-refractivity contribution < 1.29 is 14.6 Å². The number of nitrogens with zero attached hydrogens (tertiary/aromatic N) is 4. The first-order valence-electron chi connectivity index (χ1n) is 5.18. The first-order chi connectivity index (χ1) is 7.74. The second-order valence-electron chi connectivity index (χ2n) is 3.61. The number of aliphatic hydroxyl groups excluding tert-OH is 1. The van der Waals surface area contributed by atoms with E-state index in [0.29, 0.717) is 25.4 Å². The number of likely N-dealkylation sites (tertiary alicyclic amines) is 1. The van der Waals surface area contributed by atoms with Crippen LogP contribution in [0, 0.1) is 0 Å². The van der Waals surface area contributed by atoms with Crippen LogP contribution in [0.25, 0.3) is 0 Å². The lowest BCUT2D eigenvalue weighted by atomic mass is 10.1. The van der Waals surface area contributed by atoms with E-state index in [0.717, 1.165) is 0 Å². The number of carbonyl (C=O) groups excluding carboxylic acids is 1. The molecule has 1 aliphatic heterocycles. The van der Waals surface area contributed by atoms with Crippen LogP contribution in [-0.2, 0) is 11.3 Å². The van der Waals surface area contributed by atoms with Gasteiger partial charge in [-0.2, -0.15) is 0 Å². The van der Waals surface area contributed by atoms with Crippen LogP contribution in [0.3, 0.4) is 0 Å². The average Bonchev–Trinajstić information content (AvgIpc) is 2.64. The molecule has 1 aromatic rings. The van der Waals surface area contributed by atoms with Crippen LogP contribution in [0.2, 0.25) is 0 Å². The molecule has 7 nitrogen and oxygen atoms in total. The molecule has 0 radical (unpaired) electrons. The smallest absolute Gasteiger partial charge is 0.409 e. The Hall–Kier alpha value is -1.63. The van der Waals surface area contributed by atoms with Crippen LogP contribution in [0.4, 0.5) is 4.79 Å². The number of hydrogen-bond acceptors (Lipinski definition) is 5. The summed E-state index contributed by atoms with van der Waals surface area (Å²) in [6, 6.07) is 0.136. The maximum absolute atomic E-state index is 11.3. The SMILES string of the molecule is CCOC(=O)N1CC(n2cc(CO)nn2)C1. The fourth-order valence-corrected chi connectivity index (χ4v) is 1.55. The van der Waals surface area contributed by atoms with Gasteiger partial charge in [0.05, 0.1) is 25.5 Å². The van der Waals surface area contributed by atoms with E-state index < -0.39 is 0 Å². The van der Waals surface area contributed by atoms with Crippen molar-refractivity contribution in [2.75, 3.05) is 19.7 Å². The van der Waals surface area contributed by atoms with E-state index in [2.05, 4.69) is 10.3 Å². The lowest BCUT2D eigenvalue weighted by Gasteiger charge is -2.37. The molecule has 2 heterocycles. The number of hydrogen-bond donors (Lipinski definition) is 1. The summed E-state index contributed by atoms with van der Waals surface area (Å²) in [6.07, 6.45) is 1.40. The van der Waals surface area contributed by atoms with Crippen molar-refractivity contribution in [3.8, 4) is 0 Å². The molecule has 0 aromatic carbocycles. The zero-order valence-electron chi connectivity index (χ0n) is 9.04. The molecular formula is C9H14N4O3. The van der Waals surface area contributed by atoms with Crippen LogP contribution in [0.15, 0.2) is 6.20 Å². The van der Waals surface area contributed by atoms with Crippen LogP contribution in [0.1, 0.15) is 18.7 Å². The Morgan fingerprint density at radius 2 is 2.44 bits per heavy atom. The molecule has 7 heteroatoms. The van der Waals surface area contributed by atoms with Crippen LogP contribution >= 0.6 is 0 Å². The van der Waals surface area contributed by atoms with Gasteiger partial charge in [-0.05, 0) is 6.92 Å². The quantitative estimate of drug-likeness (QED) is 0.771. The molecule has 2 rings (SSSR count). The van der Waals surface area contributed by atoms with Crippen molar-refractivity contribution >= 4 is 6.09 Å². The summed E-state index contributed by atoms with van der Waals surface area (Å²) in [5.41, 5.74) is 0.537. The van der Waals surface area contributed by atoms with Crippen molar-refractivity contribution in [2.45, 2.75) is 19.6 Å². The Morgan fingerprint density at radius 1 is 1.69 bits per heavy atom. The van der Waals surface area contributed by atoms with Gasteiger partial charge >= 0.3 is 6.09 Å². The van der Waals surface area contributed by atoms with Gasteiger partial charge < -0.3 is 14.7 Å². The summed E-state index contributed by atoms with van der Waals surface area (Å²) < 4.78 is 6.53. The number of aromatic nitrogens is 3. The zero-order valence-corrected chi connectivity index (χ0v) is 9.04. The third-order valence-corrected chi connectivity index (χ3v) is 2.48. The Balaban J connectivity index is 1.86. The fraction of sp³-hybridized carbons (Fsp3) is 0.667. The summed E-state index contributed by atoms with van der Waals surface area (Å²) >= 11 is 0. The third kappa shape index (κ3) is 1.99. The van der Waals surface area contributed by atoms with E-state index in [1.807, 2.05) is 0 Å². The summed E-state index contributed by atoms with van der Waals surface area (Å²) in [7, 11) is 0. The molecule has 1 amide bonds. The van der Waals surface area contributed by atoms with E-state index in [9.17, 15) is 4.79 Å². The van der Waals surface area contributed by atoms with Gasteiger partial charge in [-0.25, -0.2) is 9.48 Å². The molecule has 1 aliphatic rings. The molecule has 0 bridgehead atoms. The lowest BCUT2D eigenvalue weighted by Crippen LogP contribution is -2.51. The van der Waals surface area contributed by atoms with Gasteiger partial charge in [-0.3, -0.25) is 0 Å². The largest absolute Gasteiger partial charge is 0.450 e. The molecule has 0 saturated carbocycles. The van der Waals surface area contributed by atoms with Crippen molar-refractivity contribution in [3.05, 3.63) is 11.9 Å². The Kier molecular flexibility index (Phi) is 3.04. The molecule has 0 spiro atoms.